The highest BCUT2D eigenvalue weighted by atomic mass is 16.2. The number of anilines is 1. The maximum atomic E-state index is 12.2. The van der Waals surface area contributed by atoms with Crippen LogP contribution in [0.3, 0.4) is 0 Å². The van der Waals surface area contributed by atoms with Gasteiger partial charge in [0.2, 0.25) is 0 Å². The molecule has 4 heteroatoms. The van der Waals surface area contributed by atoms with Gasteiger partial charge in [0.25, 0.3) is 5.91 Å². The minimum absolute atomic E-state index is 0.0302. The van der Waals surface area contributed by atoms with Crippen LogP contribution >= 0.6 is 0 Å². The number of amides is 1. The summed E-state index contributed by atoms with van der Waals surface area (Å²) in [6.07, 6.45) is 0. The highest BCUT2D eigenvalue weighted by Gasteiger charge is 2.14. The van der Waals surface area contributed by atoms with Crippen molar-refractivity contribution in [3.63, 3.8) is 0 Å². The number of benzene rings is 2. The van der Waals surface area contributed by atoms with Crippen LogP contribution in [0.15, 0.2) is 54.6 Å². The van der Waals surface area contributed by atoms with Gasteiger partial charge >= 0.3 is 0 Å². The van der Waals surface area contributed by atoms with E-state index in [9.17, 15) is 9.59 Å². The maximum Gasteiger partial charge on any atom is 0.267 e. The Kier molecular flexibility index (Phi) is 4.45. The molecule has 3 N–H and O–H groups in total. The summed E-state index contributed by atoms with van der Waals surface area (Å²) in [4.78, 5) is 23.2. The summed E-state index contributed by atoms with van der Waals surface area (Å²) in [7, 11) is 0. The Labute approximate surface area is 116 Å². The van der Waals surface area contributed by atoms with E-state index in [-0.39, 0.29) is 5.57 Å². The molecule has 0 saturated carbocycles. The summed E-state index contributed by atoms with van der Waals surface area (Å²) >= 11 is 0. The number of carbonyl (C=O) groups excluding carboxylic acids is 2. The van der Waals surface area contributed by atoms with Gasteiger partial charge in [-0.25, -0.2) is 4.79 Å². The van der Waals surface area contributed by atoms with Crippen molar-refractivity contribution in [2.24, 2.45) is 5.73 Å². The molecule has 0 aliphatic heterocycles. The number of hydrogen-bond acceptors (Lipinski definition) is 3. The molecule has 0 fully saturated rings. The molecule has 0 heterocycles. The molecule has 1 amide bonds. The lowest BCUT2D eigenvalue weighted by Gasteiger charge is -2.10. The lowest BCUT2D eigenvalue weighted by Crippen LogP contribution is -2.16. The molecule has 0 aliphatic carbocycles. The van der Waals surface area contributed by atoms with Crippen LogP contribution in [0.1, 0.15) is 11.1 Å². The van der Waals surface area contributed by atoms with Crippen molar-refractivity contribution in [3.05, 3.63) is 65.7 Å². The normalized spacial score (nSPS) is 9.65. The van der Waals surface area contributed by atoms with E-state index in [0.29, 0.717) is 17.8 Å². The lowest BCUT2D eigenvalue weighted by atomic mass is 10.1. The van der Waals surface area contributed by atoms with Crippen LogP contribution < -0.4 is 11.1 Å². The van der Waals surface area contributed by atoms with Crippen molar-refractivity contribution in [3.8, 4) is 0 Å². The Morgan fingerprint density at radius 1 is 1.05 bits per heavy atom. The van der Waals surface area contributed by atoms with E-state index >= 15 is 0 Å². The Balaban J connectivity index is 2.26. The van der Waals surface area contributed by atoms with Gasteiger partial charge in [-0.05, 0) is 17.2 Å². The minimum Gasteiger partial charge on any atom is -0.326 e. The van der Waals surface area contributed by atoms with Gasteiger partial charge in [0.05, 0.1) is 0 Å². The summed E-state index contributed by atoms with van der Waals surface area (Å²) in [5.41, 5.74) is 7.52. The average Bonchev–Trinajstić information content (AvgIpc) is 2.49. The molecular formula is C16H14N2O2. The monoisotopic (exact) mass is 266 g/mol. The Morgan fingerprint density at radius 2 is 1.70 bits per heavy atom. The van der Waals surface area contributed by atoms with Crippen LogP contribution in [-0.4, -0.2) is 11.8 Å². The number of nitrogens with two attached hydrogens (primary N) is 1. The summed E-state index contributed by atoms with van der Waals surface area (Å²) in [6, 6.07) is 15.9. The molecule has 2 rings (SSSR count). The largest absolute Gasteiger partial charge is 0.326 e. The fraction of sp³-hybridized carbons (Fsp3) is 0.0625. The average molecular weight is 266 g/mol. The first kappa shape index (κ1) is 13.7. The van der Waals surface area contributed by atoms with Gasteiger partial charge in [0.15, 0.2) is 0 Å². The smallest absolute Gasteiger partial charge is 0.267 e. The standard InChI is InChI=1S/C16H14N2O2/c17-10-13-8-4-5-9-15(13)18-16(20)14(11-19)12-6-2-1-3-7-12/h1-9H,10,17H2,(H,18,20). The second-order valence-electron chi connectivity index (χ2n) is 4.16. The number of nitrogens with one attached hydrogen (secondary N) is 1. The van der Waals surface area contributed by atoms with Crippen molar-refractivity contribution in [1.82, 2.24) is 0 Å². The predicted molar refractivity (Wildman–Crippen MR) is 78.5 cm³/mol. The molecule has 0 unspecified atom stereocenters. The SMILES string of the molecule is NCc1ccccc1NC(=O)C(=C=O)c1ccccc1. The first-order valence-electron chi connectivity index (χ1n) is 6.16. The number of para-hydroxylation sites is 1. The van der Waals surface area contributed by atoms with E-state index in [0.717, 1.165) is 5.56 Å². The number of rotatable bonds is 4. The van der Waals surface area contributed by atoms with Crippen molar-refractivity contribution in [2.75, 3.05) is 5.32 Å². The molecule has 2 aromatic carbocycles. The van der Waals surface area contributed by atoms with Gasteiger partial charge in [-0.15, -0.1) is 0 Å². The lowest BCUT2D eigenvalue weighted by molar-refractivity contribution is -0.111. The highest BCUT2D eigenvalue weighted by Crippen LogP contribution is 2.18. The predicted octanol–water partition coefficient (Wildman–Crippen LogP) is 2.00. The zero-order valence-corrected chi connectivity index (χ0v) is 10.8. The Morgan fingerprint density at radius 3 is 2.35 bits per heavy atom. The van der Waals surface area contributed by atoms with Crippen molar-refractivity contribution < 1.29 is 9.59 Å². The quantitative estimate of drug-likeness (QED) is 0.656. The van der Waals surface area contributed by atoms with E-state index in [4.69, 9.17) is 5.73 Å². The van der Waals surface area contributed by atoms with Crippen molar-refractivity contribution in [1.29, 1.82) is 0 Å². The summed E-state index contributed by atoms with van der Waals surface area (Å²) in [6.45, 7) is 0.307. The zero-order valence-electron chi connectivity index (χ0n) is 10.8. The fourth-order valence-corrected chi connectivity index (χ4v) is 1.85. The molecule has 20 heavy (non-hydrogen) atoms. The summed E-state index contributed by atoms with van der Waals surface area (Å²) < 4.78 is 0. The Hall–Kier alpha value is -2.68. The highest BCUT2D eigenvalue weighted by molar-refractivity contribution is 6.32. The van der Waals surface area contributed by atoms with Crippen LogP contribution in [0.2, 0.25) is 0 Å². The molecule has 0 radical (unpaired) electrons. The molecular weight excluding hydrogens is 252 g/mol. The molecule has 0 aromatic heterocycles. The van der Waals surface area contributed by atoms with Gasteiger partial charge in [0, 0.05) is 12.2 Å². The third-order valence-corrected chi connectivity index (χ3v) is 2.88. The van der Waals surface area contributed by atoms with Crippen LogP contribution in [-0.2, 0) is 16.1 Å². The zero-order chi connectivity index (χ0) is 14.4. The van der Waals surface area contributed by atoms with E-state index in [2.05, 4.69) is 5.32 Å². The van der Waals surface area contributed by atoms with E-state index in [1.807, 2.05) is 18.2 Å². The molecule has 0 bridgehead atoms. The van der Waals surface area contributed by atoms with Gasteiger partial charge in [-0.1, -0.05) is 48.5 Å². The minimum atomic E-state index is -0.493. The van der Waals surface area contributed by atoms with E-state index in [1.165, 1.54) is 0 Å². The molecule has 4 nitrogen and oxygen atoms in total. The molecule has 0 atom stereocenters. The fourth-order valence-electron chi connectivity index (χ4n) is 1.85. The molecule has 0 aliphatic rings. The maximum absolute atomic E-state index is 12.2. The first-order chi connectivity index (χ1) is 9.76. The summed E-state index contributed by atoms with van der Waals surface area (Å²) in [5, 5.41) is 2.69. The van der Waals surface area contributed by atoms with Crippen molar-refractivity contribution in [2.45, 2.75) is 6.54 Å². The first-order valence-corrected chi connectivity index (χ1v) is 6.16. The third kappa shape index (κ3) is 3.01. The molecule has 2 aromatic rings. The number of hydrogen-bond donors (Lipinski definition) is 2. The van der Waals surface area contributed by atoms with E-state index in [1.54, 1.807) is 42.3 Å². The Bertz CT molecular complexity index is 659. The van der Waals surface area contributed by atoms with Crippen molar-refractivity contribution >= 4 is 23.1 Å². The third-order valence-electron chi connectivity index (χ3n) is 2.88. The van der Waals surface area contributed by atoms with Gasteiger partial charge in [0.1, 0.15) is 11.5 Å². The van der Waals surface area contributed by atoms with Gasteiger partial charge in [-0.2, -0.15) is 0 Å². The van der Waals surface area contributed by atoms with Crippen LogP contribution in [0.25, 0.3) is 5.57 Å². The second-order valence-corrected chi connectivity index (χ2v) is 4.16. The topological polar surface area (TPSA) is 72.2 Å². The summed E-state index contributed by atoms with van der Waals surface area (Å²) in [5.74, 6) is 1.21. The van der Waals surface area contributed by atoms with Crippen LogP contribution in [0.5, 0.6) is 0 Å². The van der Waals surface area contributed by atoms with Crippen LogP contribution in [0, 0.1) is 0 Å². The molecule has 100 valence electrons. The second kappa shape index (κ2) is 6.48. The van der Waals surface area contributed by atoms with Crippen LogP contribution in [0.4, 0.5) is 5.69 Å². The number of carbonyl (C=O) groups is 1. The molecule has 0 saturated heterocycles. The van der Waals surface area contributed by atoms with E-state index < -0.39 is 5.91 Å². The van der Waals surface area contributed by atoms with Gasteiger partial charge < -0.3 is 11.1 Å². The molecule has 0 spiro atoms. The van der Waals surface area contributed by atoms with Gasteiger partial charge in [-0.3, -0.25) is 4.79 Å².